The lowest BCUT2D eigenvalue weighted by Crippen LogP contribution is -2.30. The van der Waals surface area contributed by atoms with Gasteiger partial charge in [-0.25, -0.2) is 4.79 Å². The zero-order valence-electron chi connectivity index (χ0n) is 6.38. The number of carboxylic acid groups (broad SMARTS) is 1. The van der Waals surface area contributed by atoms with Gasteiger partial charge in [0.2, 0.25) is 0 Å². The zero-order valence-corrected chi connectivity index (χ0v) is 6.38. The lowest BCUT2D eigenvalue weighted by molar-refractivity contribution is 0.0715. The molecule has 0 aliphatic carbocycles. The van der Waals surface area contributed by atoms with Crippen molar-refractivity contribution in [1.82, 2.24) is 5.32 Å². The van der Waals surface area contributed by atoms with Gasteiger partial charge in [-0.3, -0.25) is 0 Å². The van der Waals surface area contributed by atoms with Crippen LogP contribution in [-0.4, -0.2) is 31.0 Å². The Balaban J connectivity index is 2.09. The summed E-state index contributed by atoms with van der Waals surface area (Å²) in [6.45, 7) is 2.32. The highest BCUT2D eigenvalue weighted by atomic mass is 16.7. The number of rotatable bonds is 2. The van der Waals surface area contributed by atoms with Crippen LogP contribution in [0.4, 0.5) is 4.79 Å². The van der Waals surface area contributed by atoms with Gasteiger partial charge in [0.15, 0.2) is 0 Å². The normalized spacial score (nSPS) is 19.6. The van der Waals surface area contributed by atoms with Crippen LogP contribution in [0.25, 0.3) is 0 Å². The first kappa shape index (κ1) is 8.33. The Kier molecular flexibility index (Phi) is 3.16. The van der Waals surface area contributed by atoms with E-state index in [-0.39, 0.29) is 0 Å². The highest BCUT2D eigenvalue weighted by molar-refractivity contribution is 5.56. The SMILES string of the molecule is O=C(O)OCC1CCNCC1. The van der Waals surface area contributed by atoms with E-state index in [1.807, 2.05) is 0 Å². The second-order valence-corrected chi connectivity index (χ2v) is 2.77. The first-order valence-corrected chi connectivity index (χ1v) is 3.85. The minimum Gasteiger partial charge on any atom is -0.450 e. The van der Waals surface area contributed by atoms with Gasteiger partial charge in [0.25, 0.3) is 0 Å². The summed E-state index contributed by atoms with van der Waals surface area (Å²) in [5, 5.41) is 11.4. The summed E-state index contributed by atoms with van der Waals surface area (Å²) in [7, 11) is 0. The minimum atomic E-state index is -1.16. The first-order chi connectivity index (χ1) is 5.29. The summed E-state index contributed by atoms with van der Waals surface area (Å²) in [4.78, 5) is 10.0. The van der Waals surface area contributed by atoms with Crippen LogP contribution in [-0.2, 0) is 4.74 Å². The summed E-state index contributed by atoms with van der Waals surface area (Å²) in [6.07, 6.45) is 0.879. The monoisotopic (exact) mass is 159 g/mol. The summed E-state index contributed by atoms with van der Waals surface area (Å²) in [5.41, 5.74) is 0. The molecular formula is C7H13NO3. The Morgan fingerprint density at radius 2 is 2.18 bits per heavy atom. The minimum absolute atomic E-state index is 0.358. The zero-order chi connectivity index (χ0) is 8.10. The highest BCUT2D eigenvalue weighted by Gasteiger charge is 2.14. The van der Waals surface area contributed by atoms with Gasteiger partial charge in [0, 0.05) is 0 Å². The van der Waals surface area contributed by atoms with Gasteiger partial charge in [0.1, 0.15) is 0 Å². The number of carbonyl (C=O) groups is 1. The van der Waals surface area contributed by atoms with Crippen molar-refractivity contribution < 1.29 is 14.6 Å². The summed E-state index contributed by atoms with van der Waals surface area (Å²) in [5.74, 6) is 0.423. The molecule has 0 saturated carbocycles. The highest BCUT2D eigenvalue weighted by Crippen LogP contribution is 2.11. The second-order valence-electron chi connectivity index (χ2n) is 2.77. The Bertz CT molecular complexity index is 132. The predicted octanol–water partition coefficient (Wildman–Crippen LogP) is 0.681. The average molecular weight is 159 g/mol. The van der Waals surface area contributed by atoms with Crippen LogP contribution in [0.5, 0.6) is 0 Å². The van der Waals surface area contributed by atoms with E-state index < -0.39 is 6.16 Å². The van der Waals surface area contributed by atoms with E-state index in [0.29, 0.717) is 12.5 Å². The van der Waals surface area contributed by atoms with Crippen molar-refractivity contribution in [3.05, 3.63) is 0 Å². The van der Waals surface area contributed by atoms with Crippen LogP contribution in [0.3, 0.4) is 0 Å². The molecule has 0 radical (unpaired) electrons. The molecule has 64 valence electrons. The van der Waals surface area contributed by atoms with Crippen molar-refractivity contribution in [2.45, 2.75) is 12.8 Å². The molecule has 4 nitrogen and oxygen atoms in total. The molecule has 1 saturated heterocycles. The Morgan fingerprint density at radius 1 is 1.55 bits per heavy atom. The van der Waals surface area contributed by atoms with E-state index in [9.17, 15) is 4.79 Å². The Morgan fingerprint density at radius 3 is 2.73 bits per heavy atom. The van der Waals surface area contributed by atoms with Crippen LogP contribution in [0, 0.1) is 5.92 Å². The first-order valence-electron chi connectivity index (χ1n) is 3.85. The molecule has 1 rings (SSSR count). The maximum atomic E-state index is 10.0. The number of piperidine rings is 1. The molecule has 1 aliphatic rings. The third-order valence-electron chi connectivity index (χ3n) is 1.90. The van der Waals surface area contributed by atoms with Crippen LogP contribution in [0.2, 0.25) is 0 Å². The molecule has 0 aromatic carbocycles. The van der Waals surface area contributed by atoms with Gasteiger partial charge in [-0.15, -0.1) is 0 Å². The molecule has 0 unspecified atom stereocenters. The fraction of sp³-hybridized carbons (Fsp3) is 0.857. The van der Waals surface area contributed by atoms with Gasteiger partial charge >= 0.3 is 6.16 Å². The third kappa shape index (κ3) is 3.23. The van der Waals surface area contributed by atoms with Crippen LogP contribution < -0.4 is 5.32 Å². The average Bonchev–Trinajstić information content (AvgIpc) is 2.03. The number of nitrogens with one attached hydrogen (secondary N) is 1. The van der Waals surface area contributed by atoms with Crippen molar-refractivity contribution in [2.75, 3.05) is 19.7 Å². The lowest BCUT2D eigenvalue weighted by atomic mass is 9.99. The van der Waals surface area contributed by atoms with Crippen molar-refractivity contribution in [3.63, 3.8) is 0 Å². The fourth-order valence-corrected chi connectivity index (χ4v) is 1.24. The second kappa shape index (κ2) is 4.18. The van der Waals surface area contributed by atoms with E-state index >= 15 is 0 Å². The standard InChI is InChI=1S/C7H13NO3/c9-7(10)11-5-6-1-3-8-4-2-6/h6,8H,1-5H2,(H,9,10). The van der Waals surface area contributed by atoms with Crippen LogP contribution in [0.15, 0.2) is 0 Å². The van der Waals surface area contributed by atoms with Crippen LogP contribution in [0.1, 0.15) is 12.8 Å². The summed E-state index contributed by atoms with van der Waals surface area (Å²) in [6, 6.07) is 0. The molecule has 1 aliphatic heterocycles. The fourth-order valence-electron chi connectivity index (χ4n) is 1.24. The molecule has 0 atom stereocenters. The Labute approximate surface area is 65.5 Å². The molecule has 0 bridgehead atoms. The molecular weight excluding hydrogens is 146 g/mol. The Hall–Kier alpha value is -0.770. The number of hydrogen-bond acceptors (Lipinski definition) is 3. The maximum Gasteiger partial charge on any atom is 0.505 e. The van der Waals surface area contributed by atoms with E-state index in [4.69, 9.17) is 5.11 Å². The predicted molar refractivity (Wildman–Crippen MR) is 39.6 cm³/mol. The summed E-state index contributed by atoms with van der Waals surface area (Å²) >= 11 is 0. The van der Waals surface area contributed by atoms with E-state index in [2.05, 4.69) is 10.1 Å². The molecule has 1 heterocycles. The molecule has 0 aromatic rings. The molecule has 0 spiro atoms. The topological polar surface area (TPSA) is 58.6 Å². The maximum absolute atomic E-state index is 10.0. The van der Waals surface area contributed by atoms with Crippen LogP contribution >= 0.6 is 0 Å². The number of ether oxygens (including phenoxy) is 1. The number of hydrogen-bond donors (Lipinski definition) is 2. The van der Waals surface area contributed by atoms with Gasteiger partial charge in [0.05, 0.1) is 6.61 Å². The van der Waals surface area contributed by atoms with Gasteiger partial charge < -0.3 is 15.2 Å². The lowest BCUT2D eigenvalue weighted by Gasteiger charge is -2.21. The molecule has 11 heavy (non-hydrogen) atoms. The van der Waals surface area contributed by atoms with E-state index in [0.717, 1.165) is 25.9 Å². The van der Waals surface area contributed by atoms with Crippen molar-refractivity contribution in [1.29, 1.82) is 0 Å². The van der Waals surface area contributed by atoms with Crippen molar-refractivity contribution in [2.24, 2.45) is 5.92 Å². The molecule has 0 amide bonds. The molecule has 1 fully saturated rings. The molecule has 4 heteroatoms. The molecule has 2 N–H and O–H groups in total. The van der Waals surface area contributed by atoms with Gasteiger partial charge in [-0.2, -0.15) is 0 Å². The smallest absolute Gasteiger partial charge is 0.450 e. The van der Waals surface area contributed by atoms with E-state index in [1.54, 1.807) is 0 Å². The van der Waals surface area contributed by atoms with Crippen molar-refractivity contribution in [3.8, 4) is 0 Å². The van der Waals surface area contributed by atoms with Crippen molar-refractivity contribution >= 4 is 6.16 Å². The summed E-state index contributed by atoms with van der Waals surface area (Å²) < 4.78 is 4.47. The van der Waals surface area contributed by atoms with Gasteiger partial charge in [-0.05, 0) is 31.8 Å². The molecule has 0 aromatic heterocycles. The third-order valence-corrected chi connectivity index (χ3v) is 1.90. The quantitative estimate of drug-likeness (QED) is 0.582. The van der Waals surface area contributed by atoms with Gasteiger partial charge in [-0.1, -0.05) is 0 Å². The van der Waals surface area contributed by atoms with E-state index in [1.165, 1.54) is 0 Å². The largest absolute Gasteiger partial charge is 0.505 e.